The van der Waals surface area contributed by atoms with Crippen LogP contribution in [-0.2, 0) is 4.74 Å². The summed E-state index contributed by atoms with van der Waals surface area (Å²) in [4.78, 5) is 21.3. The largest absolute Gasteiger partial charge is 0.478 e. The van der Waals surface area contributed by atoms with Crippen LogP contribution in [0.25, 0.3) is 0 Å². The maximum absolute atomic E-state index is 10.8. The Labute approximate surface area is 124 Å². The Bertz CT molecular complexity index is 618. The number of hydrogen-bond acceptors (Lipinski definition) is 3. The van der Waals surface area contributed by atoms with Gasteiger partial charge in [-0.05, 0) is 37.6 Å². The van der Waals surface area contributed by atoms with E-state index in [1.54, 1.807) is 43.3 Å². The van der Waals surface area contributed by atoms with Gasteiger partial charge in [-0.1, -0.05) is 35.9 Å². The van der Waals surface area contributed by atoms with Crippen molar-refractivity contribution in [2.75, 3.05) is 7.11 Å². The van der Waals surface area contributed by atoms with Gasteiger partial charge in [0, 0.05) is 0 Å². The smallest absolute Gasteiger partial charge is 0.337 e. The van der Waals surface area contributed by atoms with Gasteiger partial charge in [0.05, 0.1) is 18.2 Å². The number of carboxylic acids is 1. The van der Waals surface area contributed by atoms with E-state index in [0.717, 1.165) is 11.1 Å². The molecule has 2 aromatic rings. The third-order valence-electron chi connectivity index (χ3n) is 2.81. The van der Waals surface area contributed by atoms with Crippen LogP contribution in [0.2, 0.25) is 0 Å². The van der Waals surface area contributed by atoms with E-state index in [9.17, 15) is 9.59 Å². The number of carboxylic acid groups (broad SMARTS) is 1. The second kappa shape index (κ2) is 7.85. The van der Waals surface area contributed by atoms with E-state index < -0.39 is 5.97 Å². The summed E-state index contributed by atoms with van der Waals surface area (Å²) in [5.74, 6) is -1.15. The molecule has 0 aliphatic carbocycles. The number of aryl methyl sites for hydroxylation is 2. The van der Waals surface area contributed by atoms with E-state index in [-0.39, 0.29) is 5.97 Å². The Balaban J connectivity index is 0.000000211. The summed E-state index contributed by atoms with van der Waals surface area (Å²) in [6.07, 6.45) is 0. The maximum Gasteiger partial charge on any atom is 0.337 e. The Morgan fingerprint density at radius 2 is 1.62 bits per heavy atom. The van der Waals surface area contributed by atoms with E-state index in [0.29, 0.717) is 11.1 Å². The number of benzene rings is 2. The molecule has 0 unspecified atom stereocenters. The minimum atomic E-state index is -0.859. The van der Waals surface area contributed by atoms with Crippen LogP contribution in [-0.4, -0.2) is 24.2 Å². The number of esters is 1. The molecule has 0 aliphatic heterocycles. The van der Waals surface area contributed by atoms with E-state index in [1.165, 1.54) is 7.11 Å². The average molecular weight is 286 g/mol. The van der Waals surface area contributed by atoms with Gasteiger partial charge in [0.2, 0.25) is 0 Å². The lowest BCUT2D eigenvalue weighted by Crippen LogP contribution is -1.99. The highest BCUT2D eigenvalue weighted by Crippen LogP contribution is 2.09. The molecule has 2 rings (SSSR count). The molecule has 0 radical (unpaired) electrons. The topological polar surface area (TPSA) is 63.6 Å². The number of ether oxygens (including phenoxy) is 1. The fourth-order valence-electron chi connectivity index (χ4n) is 1.75. The molecule has 0 atom stereocenters. The van der Waals surface area contributed by atoms with Crippen LogP contribution >= 0.6 is 0 Å². The van der Waals surface area contributed by atoms with Crippen LogP contribution in [0.15, 0.2) is 48.5 Å². The Kier molecular flexibility index (Phi) is 6.14. The first kappa shape index (κ1) is 16.4. The molecule has 0 heterocycles. The molecule has 0 bridgehead atoms. The molecule has 2 aromatic carbocycles. The molecule has 0 amide bonds. The third kappa shape index (κ3) is 5.10. The van der Waals surface area contributed by atoms with Crippen LogP contribution in [0.4, 0.5) is 0 Å². The molecule has 0 spiro atoms. The first-order chi connectivity index (χ1) is 9.95. The van der Waals surface area contributed by atoms with Crippen molar-refractivity contribution in [2.45, 2.75) is 13.8 Å². The number of rotatable bonds is 2. The predicted molar refractivity (Wildman–Crippen MR) is 80.7 cm³/mol. The van der Waals surface area contributed by atoms with Crippen molar-refractivity contribution in [3.05, 3.63) is 70.8 Å². The van der Waals surface area contributed by atoms with Gasteiger partial charge in [-0.3, -0.25) is 0 Å². The molecule has 0 fully saturated rings. The zero-order chi connectivity index (χ0) is 15.8. The quantitative estimate of drug-likeness (QED) is 0.858. The monoisotopic (exact) mass is 286 g/mol. The highest BCUT2D eigenvalue weighted by Gasteiger charge is 2.04. The van der Waals surface area contributed by atoms with Gasteiger partial charge < -0.3 is 9.84 Å². The molecule has 21 heavy (non-hydrogen) atoms. The highest BCUT2D eigenvalue weighted by molar-refractivity contribution is 5.89. The highest BCUT2D eigenvalue weighted by atomic mass is 16.5. The van der Waals surface area contributed by atoms with Crippen LogP contribution in [0.1, 0.15) is 31.8 Å². The van der Waals surface area contributed by atoms with Crippen LogP contribution in [0.3, 0.4) is 0 Å². The lowest BCUT2D eigenvalue weighted by atomic mass is 10.1. The summed E-state index contributed by atoms with van der Waals surface area (Å²) < 4.78 is 4.50. The summed E-state index contributed by atoms with van der Waals surface area (Å²) in [6.45, 7) is 3.75. The third-order valence-corrected chi connectivity index (χ3v) is 2.81. The van der Waals surface area contributed by atoms with Crippen LogP contribution in [0, 0.1) is 13.8 Å². The van der Waals surface area contributed by atoms with Gasteiger partial charge in [-0.25, -0.2) is 9.59 Å². The molecule has 0 saturated carbocycles. The molecular formula is C17H18O4. The number of carbonyl (C=O) groups excluding carboxylic acids is 1. The van der Waals surface area contributed by atoms with Crippen molar-refractivity contribution >= 4 is 11.9 Å². The van der Waals surface area contributed by atoms with Gasteiger partial charge in [0.1, 0.15) is 0 Å². The first-order valence-corrected chi connectivity index (χ1v) is 6.39. The molecule has 1 N–H and O–H groups in total. The van der Waals surface area contributed by atoms with Gasteiger partial charge in [0.25, 0.3) is 0 Å². The molecule has 4 nitrogen and oxygen atoms in total. The Hall–Kier alpha value is -2.62. The fourth-order valence-corrected chi connectivity index (χ4v) is 1.75. The standard InChI is InChI=1S/C9H10O2.C8H8O2/c1-6-3-4-8(9(10)11)7(2)5-6;1-10-8(9)7-5-3-2-4-6-7/h3-5H,1-2H3,(H,10,11);2-6H,1H3. The second-order valence-corrected chi connectivity index (χ2v) is 4.48. The Morgan fingerprint density at radius 1 is 1.00 bits per heavy atom. The van der Waals surface area contributed by atoms with E-state index in [2.05, 4.69) is 4.74 Å². The summed E-state index contributed by atoms with van der Waals surface area (Å²) in [5.41, 5.74) is 2.88. The van der Waals surface area contributed by atoms with Crippen LogP contribution in [0.5, 0.6) is 0 Å². The van der Waals surface area contributed by atoms with Crippen molar-refractivity contribution in [2.24, 2.45) is 0 Å². The number of aromatic carboxylic acids is 1. The SMILES string of the molecule is COC(=O)c1ccccc1.Cc1ccc(C(=O)O)c(C)c1. The van der Waals surface area contributed by atoms with Gasteiger partial charge in [-0.2, -0.15) is 0 Å². The first-order valence-electron chi connectivity index (χ1n) is 6.39. The van der Waals surface area contributed by atoms with Crippen molar-refractivity contribution in [3.8, 4) is 0 Å². The van der Waals surface area contributed by atoms with Crippen molar-refractivity contribution < 1.29 is 19.4 Å². The van der Waals surface area contributed by atoms with Crippen molar-refractivity contribution in [3.63, 3.8) is 0 Å². The Morgan fingerprint density at radius 3 is 2.10 bits per heavy atom. The van der Waals surface area contributed by atoms with Gasteiger partial charge >= 0.3 is 11.9 Å². The zero-order valence-corrected chi connectivity index (χ0v) is 12.3. The minimum Gasteiger partial charge on any atom is -0.478 e. The van der Waals surface area contributed by atoms with Crippen LogP contribution < -0.4 is 0 Å². The normalized spacial score (nSPS) is 9.29. The summed E-state index contributed by atoms with van der Waals surface area (Å²) in [5, 5.41) is 8.66. The zero-order valence-electron chi connectivity index (χ0n) is 12.3. The fraction of sp³-hybridized carbons (Fsp3) is 0.176. The van der Waals surface area contributed by atoms with E-state index in [4.69, 9.17) is 5.11 Å². The van der Waals surface area contributed by atoms with Gasteiger partial charge in [0.15, 0.2) is 0 Å². The summed E-state index contributed by atoms with van der Waals surface area (Å²) >= 11 is 0. The molecule has 0 aromatic heterocycles. The summed E-state index contributed by atoms with van der Waals surface area (Å²) in [6, 6.07) is 14.2. The van der Waals surface area contributed by atoms with Crippen molar-refractivity contribution in [1.82, 2.24) is 0 Å². The lowest BCUT2D eigenvalue weighted by Gasteiger charge is -2.00. The molecule has 4 heteroatoms. The molecule has 0 saturated heterocycles. The van der Waals surface area contributed by atoms with E-state index >= 15 is 0 Å². The average Bonchev–Trinajstić information content (AvgIpc) is 2.47. The molecule has 0 aliphatic rings. The molecular weight excluding hydrogens is 268 g/mol. The summed E-state index contributed by atoms with van der Waals surface area (Å²) in [7, 11) is 1.37. The minimum absolute atomic E-state index is 0.291. The van der Waals surface area contributed by atoms with Gasteiger partial charge in [-0.15, -0.1) is 0 Å². The second-order valence-electron chi connectivity index (χ2n) is 4.48. The number of methoxy groups -OCH3 is 1. The van der Waals surface area contributed by atoms with Crippen molar-refractivity contribution in [1.29, 1.82) is 0 Å². The number of carbonyl (C=O) groups is 2. The number of hydrogen-bond donors (Lipinski definition) is 1. The maximum atomic E-state index is 10.8. The molecule has 110 valence electrons. The lowest BCUT2D eigenvalue weighted by molar-refractivity contribution is 0.0599. The van der Waals surface area contributed by atoms with E-state index in [1.807, 2.05) is 19.1 Å². The predicted octanol–water partition coefficient (Wildman–Crippen LogP) is 3.47.